The third-order valence-corrected chi connectivity index (χ3v) is 5.39. The van der Waals surface area contributed by atoms with E-state index in [2.05, 4.69) is 40.5 Å². The summed E-state index contributed by atoms with van der Waals surface area (Å²) in [5.74, 6) is 0.812. The molecule has 1 aromatic carbocycles. The van der Waals surface area contributed by atoms with Crippen molar-refractivity contribution in [3.63, 3.8) is 0 Å². The summed E-state index contributed by atoms with van der Waals surface area (Å²) in [5, 5.41) is 7.72. The maximum atomic E-state index is 12.5. The van der Waals surface area contributed by atoms with Crippen LogP contribution in [0.15, 0.2) is 36.4 Å². The van der Waals surface area contributed by atoms with E-state index in [1.807, 2.05) is 11.0 Å². The third-order valence-electron chi connectivity index (χ3n) is 5.39. The number of aromatic amines is 1. The number of nitrogens with one attached hydrogen (secondary N) is 1. The molecule has 5 nitrogen and oxygen atoms in total. The summed E-state index contributed by atoms with van der Waals surface area (Å²) in [6, 6.07) is 12.6. The Hall–Kier alpha value is -2.14. The number of likely N-dealkylation sites (tertiary alicyclic amines) is 1. The van der Waals surface area contributed by atoms with E-state index in [1.54, 1.807) is 0 Å². The van der Waals surface area contributed by atoms with Gasteiger partial charge in [0.1, 0.15) is 0 Å². The van der Waals surface area contributed by atoms with Crippen LogP contribution >= 0.6 is 0 Å². The summed E-state index contributed by atoms with van der Waals surface area (Å²) in [7, 11) is 0. The van der Waals surface area contributed by atoms with Gasteiger partial charge in [0.15, 0.2) is 0 Å². The summed E-state index contributed by atoms with van der Waals surface area (Å²) in [5.41, 5.74) is 3.59. The Morgan fingerprint density at radius 1 is 1.20 bits per heavy atom. The number of carbonyl (C=O) groups excluding carboxylic acids is 1. The van der Waals surface area contributed by atoms with Crippen LogP contribution < -0.4 is 0 Å². The van der Waals surface area contributed by atoms with Crippen molar-refractivity contribution < 1.29 is 9.53 Å². The van der Waals surface area contributed by atoms with Crippen molar-refractivity contribution >= 4 is 5.91 Å². The number of ether oxygens (including phenoxy) is 1. The van der Waals surface area contributed by atoms with E-state index < -0.39 is 0 Å². The third kappa shape index (κ3) is 3.76. The number of hydrogen-bond acceptors (Lipinski definition) is 3. The van der Waals surface area contributed by atoms with E-state index in [-0.39, 0.29) is 11.8 Å². The van der Waals surface area contributed by atoms with Crippen molar-refractivity contribution in [3.05, 3.63) is 53.3 Å². The molecule has 5 heteroatoms. The van der Waals surface area contributed by atoms with Crippen molar-refractivity contribution in [2.75, 3.05) is 26.3 Å². The van der Waals surface area contributed by atoms with E-state index in [1.165, 1.54) is 5.56 Å². The number of H-pyrrole nitrogens is 1. The Kier molecular flexibility index (Phi) is 4.83. The molecule has 0 spiro atoms. The first-order valence-electron chi connectivity index (χ1n) is 9.24. The highest BCUT2D eigenvalue weighted by molar-refractivity contribution is 5.79. The Morgan fingerprint density at radius 3 is 2.72 bits per heavy atom. The number of carbonyl (C=O) groups is 1. The van der Waals surface area contributed by atoms with Crippen LogP contribution in [0.1, 0.15) is 42.1 Å². The minimum absolute atomic E-state index is 0.0828. The minimum atomic E-state index is 0.0828. The molecule has 25 heavy (non-hydrogen) atoms. The zero-order valence-corrected chi connectivity index (χ0v) is 14.5. The predicted octanol–water partition coefficient (Wildman–Crippen LogP) is 2.74. The number of benzene rings is 1. The molecule has 1 amide bonds. The minimum Gasteiger partial charge on any atom is -0.381 e. The van der Waals surface area contributed by atoms with Gasteiger partial charge in [0.2, 0.25) is 5.91 Å². The van der Waals surface area contributed by atoms with Crippen molar-refractivity contribution in [3.8, 4) is 0 Å². The highest BCUT2D eigenvalue weighted by Gasteiger charge is 2.31. The lowest BCUT2D eigenvalue weighted by molar-refractivity contribution is -0.136. The Bertz CT molecular complexity index is 699. The molecule has 2 aliphatic rings. The Labute approximate surface area is 148 Å². The number of rotatable bonds is 4. The number of piperidine rings is 1. The first-order chi connectivity index (χ1) is 12.3. The second kappa shape index (κ2) is 7.40. The first kappa shape index (κ1) is 16.3. The lowest BCUT2D eigenvalue weighted by Gasteiger charge is -2.32. The second-order valence-corrected chi connectivity index (χ2v) is 7.14. The van der Waals surface area contributed by atoms with Crippen LogP contribution in [-0.2, 0) is 16.0 Å². The molecule has 132 valence electrons. The summed E-state index contributed by atoms with van der Waals surface area (Å²) in [6.07, 6.45) is 3.75. The molecular formula is C20H25N3O2. The van der Waals surface area contributed by atoms with Gasteiger partial charge in [0, 0.05) is 37.7 Å². The normalized spacial score (nSPS) is 21.6. The monoisotopic (exact) mass is 339 g/mol. The summed E-state index contributed by atoms with van der Waals surface area (Å²) >= 11 is 0. The fourth-order valence-corrected chi connectivity index (χ4v) is 3.88. The summed E-state index contributed by atoms with van der Waals surface area (Å²) in [4.78, 5) is 14.5. The smallest absolute Gasteiger partial charge is 0.228 e. The van der Waals surface area contributed by atoms with Crippen LogP contribution in [0.3, 0.4) is 0 Å². The Morgan fingerprint density at radius 2 is 2.00 bits per heavy atom. The number of nitrogens with zero attached hydrogens (tertiary/aromatic N) is 2. The quantitative estimate of drug-likeness (QED) is 0.932. The molecule has 1 atom stereocenters. The van der Waals surface area contributed by atoms with Crippen LogP contribution in [0.2, 0.25) is 0 Å². The summed E-state index contributed by atoms with van der Waals surface area (Å²) in [6.45, 7) is 2.99. The van der Waals surface area contributed by atoms with E-state index in [4.69, 9.17) is 4.74 Å². The molecule has 1 aromatic heterocycles. The van der Waals surface area contributed by atoms with Gasteiger partial charge >= 0.3 is 0 Å². The topological polar surface area (TPSA) is 58.2 Å². The molecule has 2 saturated heterocycles. The van der Waals surface area contributed by atoms with Crippen LogP contribution in [0, 0.1) is 5.92 Å². The highest BCUT2D eigenvalue weighted by Crippen LogP contribution is 2.29. The van der Waals surface area contributed by atoms with Crippen LogP contribution in [0.25, 0.3) is 0 Å². The molecule has 0 aliphatic carbocycles. The van der Waals surface area contributed by atoms with Crippen LogP contribution in [0.5, 0.6) is 0 Å². The van der Waals surface area contributed by atoms with Gasteiger partial charge in [0.05, 0.1) is 18.2 Å². The molecule has 0 bridgehead atoms. The molecule has 0 saturated carbocycles. The predicted molar refractivity (Wildman–Crippen MR) is 95.3 cm³/mol. The van der Waals surface area contributed by atoms with E-state index in [9.17, 15) is 4.79 Å². The molecule has 4 rings (SSSR count). The first-order valence-corrected chi connectivity index (χ1v) is 9.24. The molecule has 2 aromatic rings. The second-order valence-electron chi connectivity index (χ2n) is 7.14. The lowest BCUT2D eigenvalue weighted by atomic mass is 9.92. The average molecular weight is 339 g/mol. The van der Waals surface area contributed by atoms with Gasteiger partial charge in [-0.1, -0.05) is 30.3 Å². The van der Waals surface area contributed by atoms with Crippen LogP contribution in [-0.4, -0.2) is 47.3 Å². The SMILES string of the molecule is O=C([C@@H]1CCOC1)N1CCC(c2cc(Cc3ccccc3)[nH]n2)CC1. The highest BCUT2D eigenvalue weighted by atomic mass is 16.5. The molecular weight excluding hydrogens is 314 g/mol. The fraction of sp³-hybridized carbons (Fsp3) is 0.500. The van der Waals surface area contributed by atoms with Crippen molar-refractivity contribution in [2.24, 2.45) is 5.92 Å². The zero-order chi connectivity index (χ0) is 17.1. The number of aromatic nitrogens is 2. The molecule has 3 heterocycles. The van der Waals surface area contributed by atoms with Gasteiger partial charge in [-0.3, -0.25) is 9.89 Å². The molecule has 2 fully saturated rings. The van der Waals surface area contributed by atoms with Gasteiger partial charge in [-0.2, -0.15) is 5.10 Å². The van der Waals surface area contributed by atoms with Gasteiger partial charge in [-0.15, -0.1) is 0 Å². The molecule has 1 N–H and O–H groups in total. The molecule has 0 radical (unpaired) electrons. The molecule has 2 aliphatic heterocycles. The number of amides is 1. The van der Waals surface area contributed by atoms with Gasteiger partial charge < -0.3 is 9.64 Å². The lowest BCUT2D eigenvalue weighted by Crippen LogP contribution is -2.41. The fourth-order valence-electron chi connectivity index (χ4n) is 3.88. The van der Waals surface area contributed by atoms with Crippen molar-refractivity contribution in [2.45, 2.75) is 31.6 Å². The maximum Gasteiger partial charge on any atom is 0.228 e. The van der Waals surface area contributed by atoms with E-state index in [0.29, 0.717) is 12.5 Å². The zero-order valence-electron chi connectivity index (χ0n) is 14.5. The van der Waals surface area contributed by atoms with E-state index >= 15 is 0 Å². The maximum absolute atomic E-state index is 12.5. The average Bonchev–Trinajstić information content (AvgIpc) is 3.34. The van der Waals surface area contributed by atoms with Gasteiger partial charge in [-0.05, 0) is 30.9 Å². The van der Waals surface area contributed by atoms with Gasteiger partial charge in [0.25, 0.3) is 0 Å². The van der Waals surface area contributed by atoms with Crippen molar-refractivity contribution in [1.29, 1.82) is 0 Å². The van der Waals surface area contributed by atoms with E-state index in [0.717, 1.165) is 56.8 Å². The summed E-state index contributed by atoms with van der Waals surface area (Å²) < 4.78 is 5.35. The van der Waals surface area contributed by atoms with Crippen molar-refractivity contribution in [1.82, 2.24) is 15.1 Å². The number of hydrogen-bond donors (Lipinski definition) is 1. The largest absolute Gasteiger partial charge is 0.381 e. The molecule has 0 unspecified atom stereocenters. The Balaban J connectivity index is 1.32. The van der Waals surface area contributed by atoms with Crippen LogP contribution in [0.4, 0.5) is 0 Å². The standard InChI is InChI=1S/C20H25N3O2/c24-20(17-8-11-25-14-17)23-9-6-16(7-10-23)19-13-18(21-22-19)12-15-4-2-1-3-5-15/h1-5,13,16-17H,6-12,14H2,(H,21,22)/t17-/m1/s1. The van der Waals surface area contributed by atoms with Gasteiger partial charge in [-0.25, -0.2) is 0 Å².